The first-order valence-corrected chi connectivity index (χ1v) is 6.36. The highest BCUT2D eigenvalue weighted by molar-refractivity contribution is 14.1. The average molecular weight is 303 g/mol. The van der Waals surface area contributed by atoms with Gasteiger partial charge in [0, 0.05) is 15.3 Å². The first-order chi connectivity index (χ1) is 6.76. The maximum absolute atomic E-state index is 3.55. The van der Waals surface area contributed by atoms with E-state index in [1.807, 2.05) is 0 Å². The minimum Gasteiger partial charge on any atom is -0.382 e. The molecule has 0 aliphatic rings. The van der Waals surface area contributed by atoms with Crippen LogP contribution >= 0.6 is 22.6 Å². The van der Waals surface area contributed by atoms with Crippen LogP contribution in [0.1, 0.15) is 33.1 Å². The van der Waals surface area contributed by atoms with Gasteiger partial charge in [-0.25, -0.2) is 0 Å². The molecule has 0 spiro atoms. The minimum absolute atomic E-state index is 0.625. The number of halogens is 1. The topological polar surface area (TPSA) is 12.0 Å². The molecule has 1 aromatic carbocycles. The maximum atomic E-state index is 3.55. The molecule has 1 unspecified atom stereocenters. The van der Waals surface area contributed by atoms with Gasteiger partial charge in [0.1, 0.15) is 0 Å². The highest BCUT2D eigenvalue weighted by Gasteiger charge is 2.03. The van der Waals surface area contributed by atoms with E-state index in [1.54, 1.807) is 0 Å². The van der Waals surface area contributed by atoms with E-state index in [0.29, 0.717) is 6.04 Å². The van der Waals surface area contributed by atoms with Crippen molar-refractivity contribution in [1.29, 1.82) is 0 Å². The summed E-state index contributed by atoms with van der Waals surface area (Å²) in [5.41, 5.74) is 1.24. The monoisotopic (exact) mass is 303 g/mol. The molecule has 0 aromatic heterocycles. The zero-order chi connectivity index (χ0) is 10.4. The molecule has 0 radical (unpaired) electrons. The number of hydrogen-bond donors (Lipinski definition) is 1. The van der Waals surface area contributed by atoms with Crippen molar-refractivity contribution in [2.45, 2.75) is 39.2 Å². The Kier molecular flexibility index (Phi) is 5.30. The van der Waals surface area contributed by atoms with Crippen molar-refractivity contribution < 1.29 is 0 Å². The molecule has 1 nitrogen and oxygen atoms in total. The fraction of sp³-hybridized carbons (Fsp3) is 0.500. The highest BCUT2D eigenvalue weighted by Crippen LogP contribution is 2.14. The molecule has 1 N–H and O–H groups in total. The summed E-state index contributed by atoms with van der Waals surface area (Å²) < 4.78 is 1.29. The minimum atomic E-state index is 0.625. The van der Waals surface area contributed by atoms with Gasteiger partial charge in [-0.3, -0.25) is 0 Å². The molecule has 2 heteroatoms. The van der Waals surface area contributed by atoms with Gasteiger partial charge in [0.15, 0.2) is 0 Å². The Hall–Kier alpha value is -0.250. The standard InChI is InChI=1S/C12H18IN/c1-3-5-11(4-2)14-12-8-6-10(13)7-9-12/h6-9,11,14H,3-5H2,1-2H3. The number of nitrogens with one attached hydrogen (secondary N) is 1. The Morgan fingerprint density at radius 2 is 1.86 bits per heavy atom. The molecule has 0 heterocycles. The Bertz CT molecular complexity index is 256. The van der Waals surface area contributed by atoms with Crippen molar-refractivity contribution in [2.24, 2.45) is 0 Å². The normalized spacial score (nSPS) is 12.5. The lowest BCUT2D eigenvalue weighted by molar-refractivity contribution is 0.623. The zero-order valence-electron chi connectivity index (χ0n) is 8.89. The van der Waals surface area contributed by atoms with Crippen LogP contribution in [0.15, 0.2) is 24.3 Å². The molecule has 1 rings (SSSR count). The van der Waals surface area contributed by atoms with Crippen molar-refractivity contribution in [3.8, 4) is 0 Å². The number of anilines is 1. The molecule has 0 aliphatic carbocycles. The van der Waals surface area contributed by atoms with Crippen molar-refractivity contribution in [3.05, 3.63) is 27.8 Å². The molecule has 1 aromatic rings. The molecule has 0 aliphatic heterocycles. The first kappa shape index (κ1) is 11.8. The number of hydrogen-bond acceptors (Lipinski definition) is 1. The van der Waals surface area contributed by atoms with E-state index in [2.05, 4.69) is 66.0 Å². The van der Waals surface area contributed by atoms with Crippen LogP contribution < -0.4 is 5.32 Å². The van der Waals surface area contributed by atoms with E-state index >= 15 is 0 Å². The van der Waals surface area contributed by atoms with Crippen LogP contribution in [-0.4, -0.2) is 6.04 Å². The molecule has 1 atom stereocenters. The van der Waals surface area contributed by atoms with Gasteiger partial charge >= 0.3 is 0 Å². The summed E-state index contributed by atoms with van der Waals surface area (Å²) in [5.74, 6) is 0. The summed E-state index contributed by atoms with van der Waals surface area (Å²) >= 11 is 2.33. The van der Waals surface area contributed by atoms with Crippen molar-refractivity contribution in [3.63, 3.8) is 0 Å². The Morgan fingerprint density at radius 3 is 2.36 bits per heavy atom. The SMILES string of the molecule is CCCC(CC)Nc1ccc(I)cc1. The summed E-state index contributed by atoms with van der Waals surface area (Å²) in [6.07, 6.45) is 3.69. The van der Waals surface area contributed by atoms with E-state index < -0.39 is 0 Å². The van der Waals surface area contributed by atoms with Crippen molar-refractivity contribution in [2.75, 3.05) is 5.32 Å². The molecule has 0 saturated heterocycles. The predicted molar refractivity (Wildman–Crippen MR) is 71.8 cm³/mol. The van der Waals surface area contributed by atoms with Crippen LogP contribution in [0.4, 0.5) is 5.69 Å². The fourth-order valence-corrected chi connectivity index (χ4v) is 1.87. The summed E-state index contributed by atoms with van der Waals surface area (Å²) in [4.78, 5) is 0. The molecular formula is C12H18IN. The van der Waals surface area contributed by atoms with Gasteiger partial charge in [0.05, 0.1) is 0 Å². The lowest BCUT2D eigenvalue weighted by atomic mass is 10.1. The maximum Gasteiger partial charge on any atom is 0.0343 e. The molecule has 14 heavy (non-hydrogen) atoms. The van der Waals surface area contributed by atoms with Crippen LogP contribution in [-0.2, 0) is 0 Å². The molecule has 78 valence electrons. The molecule has 0 fully saturated rings. The van der Waals surface area contributed by atoms with E-state index in [4.69, 9.17) is 0 Å². The largest absolute Gasteiger partial charge is 0.382 e. The summed E-state index contributed by atoms with van der Waals surface area (Å²) in [5, 5.41) is 3.55. The van der Waals surface area contributed by atoms with Crippen molar-refractivity contribution >= 4 is 28.3 Å². The number of benzene rings is 1. The van der Waals surface area contributed by atoms with Crippen LogP contribution in [0.2, 0.25) is 0 Å². The lowest BCUT2D eigenvalue weighted by Crippen LogP contribution is -2.17. The third kappa shape index (κ3) is 3.86. The van der Waals surface area contributed by atoms with Gasteiger partial charge in [-0.1, -0.05) is 20.3 Å². The quantitative estimate of drug-likeness (QED) is 0.801. The van der Waals surface area contributed by atoms with Gasteiger partial charge in [0.2, 0.25) is 0 Å². The van der Waals surface area contributed by atoms with Gasteiger partial charge in [0.25, 0.3) is 0 Å². The van der Waals surface area contributed by atoms with E-state index in [0.717, 1.165) is 0 Å². The fourth-order valence-electron chi connectivity index (χ4n) is 1.51. The summed E-state index contributed by atoms with van der Waals surface area (Å²) in [7, 11) is 0. The Morgan fingerprint density at radius 1 is 1.21 bits per heavy atom. The Balaban J connectivity index is 2.53. The third-order valence-electron chi connectivity index (χ3n) is 2.34. The molecular weight excluding hydrogens is 285 g/mol. The van der Waals surface area contributed by atoms with Gasteiger partial charge < -0.3 is 5.32 Å². The van der Waals surface area contributed by atoms with E-state index in [1.165, 1.54) is 28.5 Å². The van der Waals surface area contributed by atoms with Crippen LogP contribution in [0, 0.1) is 3.57 Å². The summed E-state index contributed by atoms with van der Waals surface area (Å²) in [6.45, 7) is 4.47. The average Bonchev–Trinajstić information content (AvgIpc) is 2.20. The molecule has 0 saturated carbocycles. The summed E-state index contributed by atoms with van der Waals surface area (Å²) in [6, 6.07) is 9.21. The van der Waals surface area contributed by atoms with E-state index in [9.17, 15) is 0 Å². The van der Waals surface area contributed by atoms with E-state index in [-0.39, 0.29) is 0 Å². The Labute approximate surface area is 100 Å². The number of rotatable bonds is 5. The van der Waals surface area contributed by atoms with Gasteiger partial charge in [-0.15, -0.1) is 0 Å². The zero-order valence-corrected chi connectivity index (χ0v) is 11.0. The van der Waals surface area contributed by atoms with Gasteiger partial charge in [-0.2, -0.15) is 0 Å². The lowest BCUT2D eigenvalue weighted by Gasteiger charge is -2.17. The smallest absolute Gasteiger partial charge is 0.0343 e. The van der Waals surface area contributed by atoms with Crippen LogP contribution in [0.5, 0.6) is 0 Å². The second-order valence-corrected chi connectivity index (χ2v) is 4.79. The van der Waals surface area contributed by atoms with Crippen molar-refractivity contribution in [1.82, 2.24) is 0 Å². The molecule has 0 bridgehead atoms. The third-order valence-corrected chi connectivity index (χ3v) is 3.06. The highest BCUT2D eigenvalue weighted by atomic mass is 127. The van der Waals surface area contributed by atoms with Crippen LogP contribution in [0.3, 0.4) is 0 Å². The van der Waals surface area contributed by atoms with Gasteiger partial charge in [-0.05, 0) is 59.7 Å². The van der Waals surface area contributed by atoms with Crippen LogP contribution in [0.25, 0.3) is 0 Å². The first-order valence-electron chi connectivity index (χ1n) is 5.28. The second kappa shape index (κ2) is 6.27. The predicted octanol–water partition coefficient (Wildman–Crippen LogP) is 4.28. The second-order valence-electron chi connectivity index (χ2n) is 3.55. The molecule has 0 amide bonds.